The van der Waals surface area contributed by atoms with Crippen molar-refractivity contribution in [2.45, 2.75) is 12.1 Å². The summed E-state index contributed by atoms with van der Waals surface area (Å²) < 4.78 is 5.57. The summed E-state index contributed by atoms with van der Waals surface area (Å²) in [6, 6.07) is 11.4. The summed E-state index contributed by atoms with van der Waals surface area (Å²) in [5, 5.41) is 22.5. The molecule has 0 bridgehead atoms. The Kier molecular flexibility index (Phi) is 7.66. The highest BCUT2D eigenvalue weighted by atomic mass is 35.5. The highest BCUT2D eigenvalue weighted by Crippen LogP contribution is 2.35. The van der Waals surface area contributed by atoms with Crippen LogP contribution in [0.25, 0.3) is 11.5 Å². The second-order valence-electron chi connectivity index (χ2n) is 7.57. The van der Waals surface area contributed by atoms with Gasteiger partial charge in [0.2, 0.25) is 11.8 Å². The number of carbonyl (C=O) groups excluding carboxylic acids is 1. The van der Waals surface area contributed by atoms with E-state index < -0.39 is 4.92 Å². The zero-order valence-corrected chi connectivity index (χ0v) is 20.0. The van der Waals surface area contributed by atoms with Gasteiger partial charge in [0.1, 0.15) is 0 Å². The number of likely N-dealkylation sites (N-methyl/N-ethyl adjacent to an activating group) is 1. The third kappa shape index (κ3) is 5.66. The predicted octanol–water partition coefficient (Wildman–Crippen LogP) is 4.17. The molecule has 2 heterocycles. The van der Waals surface area contributed by atoms with Crippen LogP contribution in [0.5, 0.6) is 0 Å². The fourth-order valence-electron chi connectivity index (χ4n) is 3.68. The van der Waals surface area contributed by atoms with E-state index in [-0.39, 0.29) is 28.5 Å². The maximum atomic E-state index is 12.7. The number of carbonyl (C=O) groups is 1. The van der Waals surface area contributed by atoms with Crippen molar-refractivity contribution in [1.82, 2.24) is 15.1 Å². The molecule has 0 spiro atoms. The predicted molar refractivity (Wildman–Crippen MR) is 132 cm³/mol. The van der Waals surface area contributed by atoms with E-state index in [9.17, 15) is 14.9 Å². The number of thioether (sulfide) groups is 1. The van der Waals surface area contributed by atoms with Gasteiger partial charge in [-0.05, 0) is 24.7 Å². The molecule has 4 rings (SSSR count). The molecule has 10 nitrogen and oxygen atoms in total. The molecule has 0 aliphatic carbocycles. The van der Waals surface area contributed by atoms with Crippen molar-refractivity contribution < 1.29 is 14.1 Å². The lowest BCUT2D eigenvalue weighted by molar-refractivity contribution is -0.384. The quantitative estimate of drug-likeness (QED) is 0.275. The first-order valence-electron chi connectivity index (χ1n) is 10.7. The second-order valence-corrected chi connectivity index (χ2v) is 8.91. The lowest BCUT2D eigenvalue weighted by Crippen LogP contribution is -2.46. The molecule has 12 heteroatoms. The fraction of sp³-hybridized carbons (Fsp3) is 0.318. The van der Waals surface area contributed by atoms with Crippen molar-refractivity contribution in [3.8, 4) is 11.5 Å². The molecule has 1 aromatic heterocycles. The van der Waals surface area contributed by atoms with Gasteiger partial charge >= 0.3 is 0 Å². The first-order valence-corrected chi connectivity index (χ1v) is 12.1. The third-order valence-corrected chi connectivity index (χ3v) is 6.56. The first-order chi connectivity index (χ1) is 16.4. The fourth-order valence-corrected chi connectivity index (χ4v) is 4.53. The lowest BCUT2D eigenvalue weighted by Gasteiger charge is -2.36. The van der Waals surface area contributed by atoms with Crippen molar-refractivity contribution in [3.05, 3.63) is 57.6 Å². The maximum Gasteiger partial charge on any atom is 0.277 e. The van der Waals surface area contributed by atoms with Crippen LogP contribution in [0.3, 0.4) is 0 Å². The molecule has 178 valence electrons. The summed E-state index contributed by atoms with van der Waals surface area (Å²) in [4.78, 5) is 27.7. The molecule has 0 atom stereocenters. The minimum atomic E-state index is -0.492. The molecule has 3 aromatic rings. The number of hydrogen-bond donors (Lipinski definition) is 1. The van der Waals surface area contributed by atoms with Crippen LogP contribution in [0.15, 0.2) is 52.1 Å². The topological polar surface area (TPSA) is 118 Å². The molecule has 1 N–H and O–H groups in total. The average Bonchev–Trinajstić information content (AvgIpc) is 3.32. The minimum absolute atomic E-state index is 0.0478. The van der Waals surface area contributed by atoms with Crippen LogP contribution in [0, 0.1) is 10.1 Å². The van der Waals surface area contributed by atoms with Gasteiger partial charge in [0.05, 0.1) is 27.1 Å². The zero-order valence-electron chi connectivity index (χ0n) is 18.4. The summed E-state index contributed by atoms with van der Waals surface area (Å²) in [6.45, 7) is 6.69. The summed E-state index contributed by atoms with van der Waals surface area (Å²) in [5.74, 6) is -0.0441. The smallest absolute Gasteiger partial charge is 0.277 e. The molecule has 2 aromatic carbocycles. The van der Waals surface area contributed by atoms with E-state index in [2.05, 4.69) is 32.2 Å². The van der Waals surface area contributed by atoms with E-state index in [0.717, 1.165) is 50.2 Å². The van der Waals surface area contributed by atoms with Crippen molar-refractivity contribution >= 4 is 46.3 Å². The number of rotatable bonds is 8. The number of aromatic nitrogens is 2. The monoisotopic (exact) mass is 502 g/mol. The van der Waals surface area contributed by atoms with Gasteiger partial charge < -0.3 is 19.5 Å². The van der Waals surface area contributed by atoms with E-state index in [1.54, 1.807) is 18.2 Å². The van der Waals surface area contributed by atoms with E-state index in [1.165, 1.54) is 12.1 Å². The summed E-state index contributed by atoms with van der Waals surface area (Å²) in [5.41, 5.74) is 1.84. The normalized spacial score (nSPS) is 14.2. The number of nitro benzene ring substituents is 1. The number of para-hydroxylation sites is 1. The SMILES string of the molecule is CCN1CCN(c2c(Cl)cccc2NC(=O)CSc2nnc(-c3cccc([N+](=O)[O-])c3)o2)CC1. The Morgan fingerprint density at radius 3 is 2.71 bits per heavy atom. The van der Waals surface area contributed by atoms with E-state index in [4.69, 9.17) is 16.0 Å². The molecule has 1 aliphatic rings. The molecule has 0 unspecified atom stereocenters. The van der Waals surface area contributed by atoms with Gasteiger partial charge in [-0.1, -0.05) is 42.4 Å². The number of nitro groups is 1. The van der Waals surface area contributed by atoms with E-state index in [0.29, 0.717) is 16.3 Å². The Morgan fingerprint density at radius 1 is 1.21 bits per heavy atom. The van der Waals surface area contributed by atoms with Crippen LogP contribution in [-0.4, -0.2) is 64.4 Å². The van der Waals surface area contributed by atoms with Crippen LogP contribution < -0.4 is 10.2 Å². The standard InChI is InChI=1S/C22H23ClN6O4S/c1-2-27-9-11-28(12-10-27)20-17(23)7-4-8-18(20)24-19(30)14-34-22-26-25-21(33-22)15-5-3-6-16(13-15)29(31)32/h3-8,13H,2,9-12,14H2,1H3,(H,24,30). The van der Waals surface area contributed by atoms with Crippen LogP contribution >= 0.6 is 23.4 Å². The van der Waals surface area contributed by atoms with Gasteiger partial charge in [0.25, 0.3) is 10.9 Å². The third-order valence-electron chi connectivity index (χ3n) is 5.43. The first kappa shape index (κ1) is 24.0. The number of amides is 1. The number of benzene rings is 2. The second kappa shape index (κ2) is 10.9. The number of nitrogens with zero attached hydrogens (tertiary/aromatic N) is 5. The van der Waals surface area contributed by atoms with Crippen molar-refractivity contribution in [1.29, 1.82) is 0 Å². The van der Waals surface area contributed by atoms with E-state index >= 15 is 0 Å². The molecule has 1 fully saturated rings. The van der Waals surface area contributed by atoms with Crippen LogP contribution in [0.1, 0.15) is 6.92 Å². The maximum absolute atomic E-state index is 12.7. The number of hydrogen-bond acceptors (Lipinski definition) is 9. The van der Waals surface area contributed by atoms with Crippen molar-refractivity contribution in [2.75, 3.05) is 48.7 Å². The molecule has 34 heavy (non-hydrogen) atoms. The van der Waals surface area contributed by atoms with Crippen molar-refractivity contribution in [2.24, 2.45) is 0 Å². The van der Waals surface area contributed by atoms with Gasteiger partial charge in [-0.15, -0.1) is 10.2 Å². The molecular weight excluding hydrogens is 480 g/mol. The molecule has 0 saturated carbocycles. The van der Waals surface area contributed by atoms with Crippen LogP contribution in [-0.2, 0) is 4.79 Å². The molecule has 1 aliphatic heterocycles. The van der Waals surface area contributed by atoms with E-state index in [1.807, 2.05) is 12.1 Å². The summed E-state index contributed by atoms with van der Waals surface area (Å²) >= 11 is 7.58. The summed E-state index contributed by atoms with van der Waals surface area (Å²) in [6.07, 6.45) is 0. The van der Waals surface area contributed by atoms with Crippen LogP contribution in [0.4, 0.5) is 17.1 Å². The highest BCUT2D eigenvalue weighted by molar-refractivity contribution is 7.99. The van der Waals surface area contributed by atoms with Crippen LogP contribution in [0.2, 0.25) is 5.02 Å². The van der Waals surface area contributed by atoms with Gasteiger partial charge in [0.15, 0.2) is 0 Å². The number of anilines is 2. The number of non-ortho nitro benzene ring substituents is 1. The minimum Gasteiger partial charge on any atom is -0.411 e. The van der Waals surface area contributed by atoms with Gasteiger partial charge in [0, 0.05) is 43.9 Å². The largest absolute Gasteiger partial charge is 0.411 e. The zero-order chi connectivity index (χ0) is 24.1. The Labute approximate surface area is 205 Å². The molecule has 0 radical (unpaired) electrons. The Hall–Kier alpha value is -3.15. The van der Waals surface area contributed by atoms with Crippen molar-refractivity contribution in [3.63, 3.8) is 0 Å². The number of piperazine rings is 1. The molecule has 1 saturated heterocycles. The highest BCUT2D eigenvalue weighted by Gasteiger charge is 2.22. The van der Waals surface area contributed by atoms with Gasteiger partial charge in [-0.25, -0.2) is 0 Å². The molecular formula is C22H23ClN6O4S. The summed E-state index contributed by atoms with van der Waals surface area (Å²) in [7, 11) is 0. The number of nitrogens with one attached hydrogen (secondary N) is 1. The Bertz CT molecular complexity index is 1180. The van der Waals surface area contributed by atoms with Gasteiger partial charge in [-0.2, -0.15) is 0 Å². The average molecular weight is 503 g/mol. The van der Waals surface area contributed by atoms with Gasteiger partial charge in [-0.3, -0.25) is 14.9 Å². The Morgan fingerprint density at radius 2 is 1.97 bits per heavy atom. The Balaban J connectivity index is 1.39. The molecule has 1 amide bonds. The number of halogens is 1. The lowest BCUT2D eigenvalue weighted by atomic mass is 10.2.